The molecular weight excluding hydrogens is 587 g/mol. The van der Waals surface area contributed by atoms with Crippen LogP contribution in [0, 0.1) is 0 Å². The molecule has 0 amide bonds. The SMILES string of the molecule is C=C(/C=C\C=C/C)C1(c2ccccc2)c2cc(-c3cccc4c3sc3ccccc34)ccc2-c2c1c1cccnc1c1ccccc21. The van der Waals surface area contributed by atoms with Crippen molar-refractivity contribution in [3.63, 3.8) is 0 Å². The first kappa shape index (κ1) is 27.7. The highest BCUT2D eigenvalue weighted by molar-refractivity contribution is 7.26. The summed E-state index contributed by atoms with van der Waals surface area (Å²) in [7, 11) is 0. The maximum Gasteiger partial charge on any atom is 0.0784 e. The lowest BCUT2D eigenvalue weighted by atomic mass is 9.66. The fourth-order valence-electron chi connectivity index (χ4n) is 7.93. The molecule has 6 aromatic carbocycles. The lowest BCUT2D eigenvalue weighted by Gasteiger charge is -2.35. The van der Waals surface area contributed by atoms with Crippen molar-refractivity contribution < 1.29 is 0 Å². The normalized spacial score (nSPS) is 15.8. The van der Waals surface area contributed by atoms with Gasteiger partial charge in [-0.15, -0.1) is 11.3 Å². The number of rotatable bonds is 5. The summed E-state index contributed by atoms with van der Waals surface area (Å²) in [4.78, 5) is 5.01. The summed E-state index contributed by atoms with van der Waals surface area (Å²) in [6, 6.07) is 46.6. The van der Waals surface area contributed by atoms with E-state index in [2.05, 4.69) is 152 Å². The predicted molar refractivity (Wildman–Crippen MR) is 202 cm³/mol. The zero-order chi connectivity index (χ0) is 31.5. The Hall–Kier alpha value is -5.57. The van der Waals surface area contributed by atoms with Crippen LogP contribution in [-0.4, -0.2) is 4.98 Å². The summed E-state index contributed by atoms with van der Waals surface area (Å²) in [5, 5.41) is 6.18. The molecule has 1 nitrogen and oxygen atoms in total. The molecule has 2 aromatic heterocycles. The Morgan fingerprint density at radius 3 is 2.28 bits per heavy atom. The van der Waals surface area contributed by atoms with Crippen LogP contribution in [0.15, 0.2) is 170 Å². The first-order valence-electron chi connectivity index (χ1n) is 16.1. The Labute approximate surface area is 278 Å². The first-order chi connectivity index (χ1) is 23.2. The second kappa shape index (κ2) is 10.8. The largest absolute Gasteiger partial charge is 0.256 e. The van der Waals surface area contributed by atoms with Crippen LogP contribution in [0.4, 0.5) is 0 Å². The third-order valence-electron chi connectivity index (χ3n) is 9.85. The van der Waals surface area contributed by atoms with E-state index in [4.69, 9.17) is 11.6 Å². The Balaban J connectivity index is 1.45. The molecule has 2 heterocycles. The van der Waals surface area contributed by atoms with Crippen LogP contribution in [0.25, 0.3) is 64.1 Å². The van der Waals surface area contributed by atoms with Gasteiger partial charge in [-0.3, -0.25) is 4.98 Å². The Bertz CT molecular complexity index is 2600. The van der Waals surface area contributed by atoms with Crippen LogP contribution in [0.1, 0.15) is 23.6 Å². The van der Waals surface area contributed by atoms with Gasteiger partial charge in [0, 0.05) is 37.1 Å². The molecule has 8 aromatic rings. The minimum atomic E-state index is -0.639. The average molecular weight is 618 g/mol. The van der Waals surface area contributed by atoms with Crippen LogP contribution >= 0.6 is 11.3 Å². The molecule has 1 atom stereocenters. The molecule has 1 unspecified atom stereocenters. The van der Waals surface area contributed by atoms with Crippen molar-refractivity contribution in [1.29, 1.82) is 0 Å². The molecule has 0 saturated heterocycles. The van der Waals surface area contributed by atoms with Crippen LogP contribution in [0.5, 0.6) is 0 Å². The predicted octanol–water partition coefficient (Wildman–Crippen LogP) is 12.4. The van der Waals surface area contributed by atoms with Gasteiger partial charge in [0.15, 0.2) is 0 Å². The molecule has 1 aliphatic rings. The highest BCUT2D eigenvalue weighted by Gasteiger charge is 2.48. The Morgan fingerprint density at radius 1 is 0.681 bits per heavy atom. The van der Waals surface area contributed by atoms with Gasteiger partial charge in [0.25, 0.3) is 0 Å². The zero-order valence-corrected chi connectivity index (χ0v) is 26.9. The maximum absolute atomic E-state index is 5.01. The quantitative estimate of drug-likeness (QED) is 0.138. The number of allylic oxidation sites excluding steroid dienone is 5. The summed E-state index contributed by atoms with van der Waals surface area (Å²) in [5.41, 5.74) is 10.1. The second-order valence-electron chi connectivity index (χ2n) is 12.3. The maximum atomic E-state index is 5.01. The van der Waals surface area contributed by atoms with Gasteiger partial charge < -0.3 is 0 Å². The van der Waals surface area contributed by atoms with Crippen LogP contribution < -0.4 is 0 Å². The smallest absolute Gasteiger partial charge is 0.0784 e. The molecule has 0 saturated carbocycles. The summed E-state index contributed by atoms with van der Waals surface area (Å²) < 4.78 is 2.64. The molecule has 0 spiro atoms. The lowest BCUT2D eigenvalue weighted by Crippen LogP contribution is -2.29. The molecule has 2 heteroatoms. The topological polar surface area (TPSA) is 12.9 Å². The lowest BCUT2D eigenvalue weighted by molar-refractivity contribution is 0.778. The van der Waals surface area contributed by atoms with E-state index in [0.717, 1.165) is 16.5 Å². The Morgan fingerprint density at radius 2 is 1.43 bits per heavy atom. The molecule has 47 heavy (non-hydrogen) atoms. The van der Waals surface area contributed by atoms with Crippen LogP contribution in [0.2, 0.25) is 0 Å². The molecule has 0 fully saturated rings. The van der Waals surface area contributed by atoms with Crippen molar-refractivity contribution in [1.82, 2.24) is 4.98 Å². The minimum Gasteiger partial charge on any atom is -0.256 e. The van der Waals surface area contributed by atoms with Crippen molar-refractivity contribution in [2.45, 2.75) is 12.3 Å². The third-order valence-corrected chi connectivity index (χ3v) is 11.1. The van der Waals surface area contributed by atoms with Gasteiger partial charge in [0.05, 0.1) is 10.9 Å². The monoisotopic (exact) mass is 617 g/mol. The second-order valence-corrected chi connectivity index (χ2v) is 13.3. The van der Waals surface area contributed by atoms with E-state index in [-0.39, 0.29) is 0 Å². The van der Waals surface area contributed by atoms with E-state index in [0.29, 0.717) is 0 Å². The van der Waals surface area contributed by atoms with Crippen LogP contribution in [0.3, 0.4) is 0 Å². The molecule has 0 N–H and O–H groups in total. The molecular formula is C45H31NS. The van der Waals surface area contributed by atoms with E-state index in [9.17, 15) is 0 Å². The standard InChI is InChI=1S/C45H31NS/c1-3-4-6-15-29(2)45(31-16-7-5-8-17-31)39-28-30(32-21-13-22-36-33-18-11-12-24-40(33)47-44(32)36)25-26-37(39)41-34-19-9-10-20-35(34)43-38(42(41)45)23-14-27-46-43/h3-28H,2H2,1H3/b4-3-,15-6-. The third kappa shape index (κ3) is 3.92. The van der Waals surface area contributed by atoms with E-state index >= 15 is 0 Å². The first-order valence-corrected chi connectivity index (χ1v) is 16.9. The number of benzene rings is 6. The summed E-state index contributed by atoms with van der Waals surface area (Å²) in [6.07, 6.45) is 10.4. The number of hydrogen-bond donors (Lipinski definition) is 0. The fourth-order valence-corrected chi connectivity index (χ4v) is 9.17. The highest BCUT2D eigenvalue weighted by Crippen LogP contribution is 2.60. The van der Waals surface area contributed by atoms with E-state index in [1.54, 1.807) is 0 Å². The van der Waals surface area contributed by atoms with Crippen molar-refractivity contribution in [2.24, 2.45) is 0 Å². The number of nitrogens with zero attached hydrogens (tertiary/aromatic N) is 1. The zero-order valence-electron chi connectivity index (χ0n) is 26.1. The fraction of sp³-hybridized carbons (Fsp3) is 0.0444. The summed E-state index contributed by atoms with van der Waals surface area (Å²) in [5.74, 6) is 0. The molecule has 9 rings (SSSR count). The van der Waals surface area contributed by atoms with Gasteiger partial charge in [-0.05, 0) is 75.0 Å². The van der Waals surface area contributed by atoms with Gasteiger partial charge in [-0.2, -0.15) is 0 Å². The van der Waals surface area contributed by atoms with Gasteiger partial charge >= 0.3 is 0 Å². The van der Waals surface area contributed by atoms with Gasteiger partial charge in [-0.25, -0.2) is 0 Å². The summed E-state index contributed by atoms with van der Waals surface area (Å²) in [6.45, 7) is 6.93. The number of thiophene rings is 1. The van der Waals surface area contributed by atoms with Gasteiger partial charge in [0.2, 0.25) is 0 Å². The van der Waals surface area contributed by atoms with Crippen molar-refractivity contribution >= 4 is 53.2 Å². The number of fused-ring (bicyclic) bond motifs is 11. The molecule has 222 valence electrons. The van der Waals surface area contributed by atoms with E-state index in [1.165, 1.54) is 69.9 Å². The number of hydrogen-bond acceptors (Lipinski definition) is 2. The highest BCUT2D eigenvalue weighted by atomic mass is 32.1. The van der Waals surface area contributed by atoms with Crippen LogP contribution in [-0.2, 0) is 5.41 Å². The Kier molecular flexibility index (Phi) is 6.35. The van der Waals surface area contributed by atoms with Crippen molar-refractivity contribution in [3.8, 4) is 22.3 Å². The van der Waals surface area contributed by atoms with Crippen molar-refractivity contribution in [2.75, 3.05) is 0 Å². The molecule has 0 bridgehead atoms. The minimum absolute atomic E-state index is 0.639. The van der Waals surface area contributed by atoms with E-state index < -0.39 is 5.41 Å². The molecule has 1 aliphatic carbocycles. The molecule has 0 radical (unpaired) electrons. The van der Waals surface area contributed by atoms with E-state index in [1.807, 2.05) is 24.5 Å². The molecule has 0 aliphatic heterocycles. The van der Waals surface area contributed by atoms with Gasteiger partial charge in [-0.1, -0.05) is 140 Å². The average Bonchev–Trinajstić information content (AvgIpc) is 3.66. The number of pyridine rings is 1. The summed E-state index contributed by atoms with van der Waals surface area (Å²) >= 11 is 1.88. The van der Waals surface area contributed by atoms with Gasteiger partial charge in [0.1, 0.15) is 0 Å². The van der Waals surface area contributed by atoms with Crippen molar-refractivity contribution in [3.05, 3.63) is 187 Å². The number of aromatic nitrogens is 1.